The Morgan fingerprint density at radius 3 is 2.38 bits per heavy atom. The molecule has 2 amide bonds. The molecule has 0 atom stereocenters. The lowest BCUT2D eigenvalue weighted by atomic mass is 9.88. The summed E-state index contributed by atoms with van der Waals surface area (Å²) in [6.07, 6.45) is 6.44. The van der Waals surface area contributed by atoms with Crippen LogP contribution >= 0.6 is 0 Å². The molecule has 0 spiro atoms. The summed E-state index contributed by atoms with van der Waals surface area (Å²) in [7, 11) is 2.77. The second kappa shape index (κ2) is 14.1. The number of anilines is 1. The van der Waals surface area contributed by atoms with Gasteiger partial charge in [0.2, 0.25) is 11.8 Å². The highest BCUT2D eigenvalue weighted by atomic mass is 19.1. The molecule has 1 saturated carbocycles. The van der Waals surface area contributed by atoms with E-state index in [0.29, 0.717) is 12.1 Å². The average Bonchev–Trinajstić information content (AvgIpc) is 3.06. The largest absolute Gasteiger partial charge is 0.400 e. The van der Waals surface area contributed by atoms with Gasteiger partial charge >= 0.3 is 0 Å². The topological polar surface area (TPSA) is 113 Å². The van der Waals surface area contributed by atoms with Gasteiger partial charge in [0, 0.05) is 32.4 Å². The van der Waals surface area contributed by atoms with Gasteiger partial charge in [-0.15, -0.1) is 0 Å². The molecular formula is C25H38FN5O3. The number of amides is 2. The standard InChI is InChI=1S/C19H24FN5O2.C5H10.CH4O/c1-12(11-18(21)26)24(4)25-14(3)15(13(2)23-25)9-10-19(27)22-17-8-6-5-7-16(17)20;1-5-3-2-4-5;1-2/h5-8,11H,9-10H2,1-4H3,(H2,21,26)(H,22,27);5H,2-4H2,1H3;2H,1H3/b12-11-;;. The fourth-order valence-electron chi connectivity index (χ4n) is 3.39. The molecule has 0 saturated heterocycles. The summed E-state index contributed by atoms with van der Waals surface area (Å²) in [6, 6.07) is 6.04. The molecule has 1 aliphatic carbocycles. The van der Waals surface area contributed by atoms with Crippen molar-refractivity contribution >= 4 is 17.5 Å². The van der Waals surface area contributed by atoms with E-state index in [1.54, 1.807) is 35.9 Å². The van der Waals surface area contributed by atoms with Crippen LogP contribution < -0.4 is 16.1 Å². The summed E-state index contributed by atoms with van der Waals surface area (Å²) in [5.41, 5.74) is 8.56. The molecule has 4 N–H and O–H groups in total. The lowest BCUT2D eigenvalue weighted by Crippen LogP contribution is -2.31. The number of para-hydroxylation sites is 1. The highest BCUT2D eigenvalue weighted by molar-refractivity contribution is 5.91. The van der Waals surface area contributed by atoms with Gasteiger partial charge in [-0.3, -0.25) is 14.6 Å². The van der Waals surface area contributed by atoms with E-state index in [9.17, 15) is 14.0 Å². The van der Waals surface area contributed by atoms with E-state index in [2.05, 4.69) is 17.3 Å². The third-order valence-corrected chi connectivity index (χ3v) is 5.71. The molecule has 0 aliphatic heterocycles. The Kier molecular flexibility index (Phi) is 12.0. The number of nitrogens with zero attached hydrogens (tertiary/aromatic N) is 3. The fraction of sp³-hybridized carbons (Fsp3) is 0.480. The number of halogens is 1. The number of benzene rings is 1. The number of aliphatic hydroxyl groups excluding tert-OH is 1. The SMILES string of the molecule is C/C(=C/C(N)=O)N(C)n1nc(C)c(CCC(=O)Nc2ccccc2F)c1C.CC1CCC1.CO. The third-order valence-electron chi connectivity index (χ3n) is 5.71. The number of hydrogen-bond acceptors (Lipinski definition) is 5. The summed E-state index contributed by atoms with van der Waals surface area (Å²) in [6.45, 7) is 7.80. The third kappa shape index (κ3) is 8.62. The van der Waals surface area contributed by atoms with Gasteiger partial charge in [0.25, 0.3) is 0 Å². The molecular weight excluding hydrogens is 437 g/mol. The van der Waals surface area contributed by atoms with Crippen molar-refractivity contribution in [1.82, 2.24) is 9.89 Å². The number of rotatable bonds is 7. The number of allylic oxidation sites excluding steroid dienone is 1. The summed E-state index contributed by atoms with van der Waals surface area (Å²) < 4.78 is 13.6. The van der Waals surface area contributed by atoms with Gasteiger partial charge in [-0.25, -0.2) is 4.39 Å². The first-order valence-electron chi connectivity index (χ1n) is 11.4. The van der Waals surface area contributed by atoms with Crippen LogP contribution in [0.1, 0.15) is 56.5 Å². The van der Waals surface area contributed by atoms with Crippen molar-refractivity contribution in [2.24, 2.45) is 11.7 Å². The van der Waals surface area contributed by atoms with E-state index in [-0.39, 0.29) is 18.0 Å². The molecule has 34 heavy (non-hydrogen) atoms. The second-order valence-corrected chi connectivity index (χ2v) is 8.31. The number of aliphatic hydroxyl groups is 1. The quantitative estimate of drug-likeness (QED) is 0.530. The number of carbonyl (C=O) groups is 2. The Morgan fingerprint density at radius 2 is 1.88 bits per heavy atom. The van der Waals surface area contributed by atoms with Crippen LogP contribution in [-0.4, -0.2) is 41.0 Å². The van der Waals surface area contributed by atoms with E-state index >= 15 is 0 Å². The van der Waals surface area contributed by atoms with Crippen molar-refractivity contribution in [3.8, 4) is 0 Å². The van der Waals surface area contributed by atoms with Crippen LogP contribution in [0.5, 0.6) is 0 Å². The van der Waals surface area contributed by atoms with Crippen LogP contribution in [0, 0.1) is 25.6 Å². The predicted molar refractivity (Wildman–Crippen MR) is 133 cm³/mol. The zero-order chi connectivity index (χ0) is 25.8. The number of aryl methyl sites for hydroxylation is 1. The van der Waals surface area contributed by atoms with Crippen molar-refractivity contribution < 1.29 is 19.1 Å². The van der Waals surface area contributed by atoms with Crippen molar-refractivity contribution in [2.75, 3.05) is 24.5 Å². The van der Waals surface area contributed by atoms with Gasteiger partial charge in [0.1, 0.15) is 5.82 Å². The lowest BCUT2D eigenvalue weighted by molar-refractivity contribution is -0.116. The summed E-state index contributed by atoms with van der Waals surface area (Å²) in [5, 5.41) is 15.8. The molecule has 8 nitrogen and oxygen atoms in total. The Balaban J connectivity index is 0.000000715. The summed E-state index contributed by atoms with van der Waals surface area (Å²) in [5.74, 6) is -0.213. The highest BCUT2D eigenvalue weighted by Gasteiger charge is 2.17. The van der Waals surface area contributed by atoms with Crippen LogP contribution in [-0.2, 0) is 16.0 Å². The maximum atomic E-state index is 13.6. The van der Waals surface area contributed by atoms with E-state index in [1.165, 1.54) is 37.5 Å². The van der Waals surface area contributed by atoms with E-state index in [0.717, 1.165) is 30.0 Å². The van der Waals surface area contributed by atoms with Gasteiger partial charge in [0.15, 0.2) is 0 Å². The van der Waals surface area contributed by atoms with Crippen molar-refractivity contribution in [3.63, 3.8) is 0 Å². The first kappa shape index (κ1) is 28.8. The van der Waals surface area contributed by atoms with Gasteiger partial charge in [0.05, 0.1) is 17.1 Å². The van der Waals surface area contributed by atoms with Crippen molar-refractivity contribution in [3.05, 3.63) is 58.8 Å². The van der Waals surface area contributed by atoms with Gasteiger partial charge < -0.3 is 16.2 Å². The van der Waals surface area contributed by atoms with Crippen LogP contribution in [0.2, 0.25) is 0 Å². The second-order valence-electron chi connectivity index (χ2n) is 8.31. The Hall–Kier alpha value is -3.20. The molecule has 2 aromatic rings. The molecule has 0 bridgehead atoms. The normalized spacial score (nSPS) is 13.0. The fourth-order valence-corrected chi connectivity index (χ4v) is 3.39. The summed E-state index contributed by atoms with van der Waals surface area (Å²) in [4.78, 5) is 24.9. The van der Waals surface area contributed by atoms with Gasteiger partial charge in [-0.2, -0.15) is 9.89 Å². The van der Waals surface area contributed by atoms with E-state index in [4.69, 9.17) is 10.8 Å². The lowest BCUT2D eigenvalue weighted by Gasteiger charge is -2.21. The maximum absolute atomic E-state index is 13.6. The average molecular weight is 476 g/mol. The number of nitrogens with one attached hydrogen (secondary N) is 1. The minimum atomic E-state index is -0.536. The number of carbonyl (C=O) groups excluding carboxylic acids is 2. The molecule has 1 aromatic heterocycles. The summed E-state index contributed by atoms with van der Waals surface area (Å²) >= 11 is 0. The predicted octanol–water partition coefficient (Wildman–Crippen LogP) is 3.58. The van der Waals surface area contributed by atoms with Gasteiger partial charge in [-0.05, 0) is 50.8 Å². The van der Waals surface area contributed by atoms with Gasteiger partial charge in [-0.1, -0.05) is 38.3 Å². The molecule has 1 aliphatic rings. The molecule has 3 rings (SSSR count). The van der Waals surface area contributed by atoms with Crippen LogP contribution in [0.15, 0.2) is 36.0 Å². The molecule has 1 fully saturated rings. The van der Waals surface area contributed by atoms with Crippen LogP contribution in [0.25, 0.3) is 0 Å². The minimum Gasteiger partial charge on any atom is -0.400 e. The van der Waals surface area contributed by atoms with Crippen molar-refractivity contribution in [2.45, 2.75) is 59.8 Å². The number of nitrogens with two attached hydrogens (primary N) is 1. The van der Waals surface area contributed by atoms with Crippen LogP contribution in [0.3, 0.4) is 0 Å². The van der Waals surface area contributed by atoms with E-state index < -0.39 is 11.7 Å². The minimum absolute atomic E-state index is 0.165. The molecule has 1 aromatic carbocycles. The molecule has 9 heteroatoms. The highest BCUT2D eigenvalue weighted by Crippen LogP contribution is 2.24. The van der Waals surface area contributed by atoms with E-state index in [1.807, 2.05) is 13.8 Å². The molecule has 0 unspecified atom stereocenters. The monoisotopic (exact) mass is 475 g/mol. The first-order valence-corrected chi connectivity index (χ1v) is 11.4. The Labute approximate surface area is 201 Å². The number of hydrogen-bond donors (Lipinski definition) is 3. The number of primary amides is 1. The molecule has 188 valence electrons. The van der Waals surface area contributed by atoms with Crippen molar-refractivity contribution in [1.29, 1.82) is 0 Å². The van der Waals surface area contributed by atoms with Crippen LogP contribution in [0.4, 0.5) is 10.1 Å². The Morgan fingerprint density at radius 1 is 1.29 bits per heavy atom. The Bertz CT molecular complexity index is 983. The molecule has 0 radical (unpaired) electrons. The smallest absolute Gasteiger partial charge is 0.243 e. The maximum Gasteiger partial charge on any atom is 0.243 e. The molecule has 1 heterocycles. The zero-order valence-electron chi connectivity index (χ0n) is 21.1. The number of aromatic nitrogens is 2. The zero-order valence-corrected chi connectivity index (χ0v) is 21.1. The first-order chi connectivity index (χ1) is 16.1.